The Labute approximate surface area is 112 Å². The van der Waals surface area contributed by atoms with E-state index in [0.29, 0.717) is 21.8 Å². The Kier molecular flexibility index (Phi) is 2.88. The molecule has 3 N–H and O–H groups in total. The number of nitrogens with one attached hydrogen (secondary N) is 1. The minimum absolute atomic E-state index is 0.239. The van der Waals surface area contributed by atoms with Gasteiger partial charge in [0.05, 0.1) is 23.1 Å². The molecule has 96 valence electrons. The second-order valence-electron chi connectivity index (χ2n) is 3.86. The number of nitrogens with two attached hydrogens (primary N) is 1. The number of rotatable bonds is 3. The number of fused-ring (bicyclic) bond motifs is 1. The number of pyridine rings is 1. The zero-order valence-electron chi connectivity index (χ0n) is 9.79. The van der Waals surface area contributed by atoms with Crippen molar-refractivity contribution in [2.24, 2.45) is 0 Å². The van der Waals surface area contributed by atoms with Crippen molar-refractivity contribution in [1.82, 2.24) is 15.5 Å². The second kappa shape index (κ2) is 4.69. The molecule has 19 heavy (non-hydrogen) atoms. The van der Waals surface area contributed by atoms with E-state index in [1.54, 1.807) is 12.3 Å². The molecule has 0 atom stereocenters. The fourth-order valence-electron chi connectivity index (χ4n) is 1.70. The van der Waals surface area contributed by atoms with E-state index < -0.39 is 0 Å². The maximum Gasteiger partial charge on any atom is 0.263 e. The number of amides is 1. The normalized spacial score (nSPS) is 10.7. The number of hydrogen-bond donors (Lipinski definition) is 2. The second-order valence-corrected chi connectivity index (χ2v) is 4.91. The summed E-state index contributed by atoms with van der Waals surface area (Å²) in [6.07, 6.45) is 3.18. The van der Waals surface area contributed by atoms with Gasteiger partial charge in [0.1, 0.15) is 10.4 Å². The van der Waals surface area contributed by atoms with Gasteiger partial charge in [-0.25, -0.2) is 0 Å². The lowest BCUT2D eigenvalue weighted by Gasteiger charge is -2.01. The summed E-state index contributed by atoms with van der Waals surface area (Å²) in [4.78, 5) is 16.7. The number of nitrogen functional groups attached to an aromatic ring is 1. The van der Waals surface area contributed by atoms with Gasteiger partial charge in [0.2, 0.25) is 0 Å². The molecule has 3 aromatic heterocycles. The van der Waals surface area contributed by atoms with Crippen LogP contribution in [0.3, 0.4) is 0 Å². The first kappa shape index (κ1) is 11.7. The minimum Gasteiger partial charge on any atom is -0.396 e. The highest BCUT2D eigenvalue weighted by Crippen LogP contribution is 2.31. The van der Waals surface area contributed by atoms with Crippen LogP contribution in [0.5, 0.6) is 0 Å². The molecule has 0 fully saturated rings. The summed E-state index contributed by atoms with van der Waals surface area (Å²) in [6, 6.07) is 5.39. The molecule has 0 bridgehead atoms. The van der Waals surface area contributed by atoms with Crippen molar-refractivity contribution in [3.05, 3.63) is 41.2 Å². The molecular formula is C12H10N4O2S. The summed E-state index contributed by atoms with van der Waals surface area (Å²) < 4.78 is 5.80. The largest absolute Gasteiger partial charge is 0.396 e. The maximum atomic E-state index is 12.1. The van der Waals surface area contributed by atoms with Gasteiger partial charge in [-0.1, -0.05) is 5.16 Å². The fourth-order valence-corrected chi connectivity index (χ4v) is 2.69. The summed E-state index contributed by atoms with van der Waals surface area (Å²) >= 11 is 1.32. The van der Waals surface area contributed by atoms with E-state index in [2.05, 4.69) is 15.5 Å². The van der Waals surface area contributed by atoms with E-state index >= 15 is 0 Å². The Bertz CT molecular complexity index is 720. The third-order valence-electron chi connectivity index (χ3n) is 2.60. The monoisotopic (exact) mass is 274 g/mol. The van der Waals surface area contributed by atoms with Gasteiger partial charge in [-0.2, -0.15) is 0 Å². The quantitative estimate of drug-likeness (QED) is 0.759. The molecule has 0 saturated carbocycles. The number of thiophene rings is 1. The number of carbonyl (C=O) groups excluding carboxylic acids is 1. The standard InChI is InChI=1S/C12H10N4O2S/c13-9-10-8(2-1-4-14-10)19-11(9)12(17)15-6-7-3-5-16-18-7/h1-5H,6,13H2,(H,15,17). The molecule has 0 aliphatic rings. The van der Waals surface area contributed by atoms with E-state index in [4.69, 9.17) is 10.3 Å². The number of aromatic nitrogens is 2. The first-order valence-corrected chi connectivity index (χ1v) is 6.38. The van der Waals surface area contributed by atoms with Gasteiger partial charge in [0.25, 0.3) is 5.91 Å². The number of hydrogen-bond acceptors (Lipinski definition) is 6. The molecule has 0 radical (unpaired) electrons. The summed E-state index contributed by atoms with van der Waals surface area (Å²) in [5.41, 5.74) is 7.02. The molecule has 0 unspecified atom stereocenters. The van der Waals surface area contributed by atoms with Crippen molar-refractivity contribution < 1.29 is 9.32 Å². The highest BCUT2D eigenvalue weighted by molar-refractivity contribution is 7.21. The highest BCUT2D eigenvalue weighted by atomic mass is 32.1. The molecule has 0 aliphatic heterocycles. The van der Waals surface area contributed by atoms with Crippen molar-refractivity contribution in [3.63, 3.8) is 0 Å². The molecule has 0 saturated heterocycles. The fraction of sp³-hybridized carbons (Fsp3) is 0.0833. The summed E-state index contributed by atoms with van der Waals surface area (Å²) in [7, 11) is 0. The molecule has 0 spiro atoms. The molecule has 0 aliphatic carbocycles. The number of nitrogens with zero attached hydrogens (tertiary/aromatic N) is 2. The lowest BCUT2D eigenvalue weighted by atomic mass is 10.3. The van der Waals surface area contributed by atoms with Crippen molar-refractivity contribution in [3.8, 4) is 0 Å². The lowest BCUT2D eigenvalue weighted by molar-refractivity contribution is 0.0952. The van der Waals surface area contributed by atoms with Gasteiger partial charge in [0.15, 0.2) is 5.76 Å². The predicted molar refractivity (Wildman–Crippen MR) is 71.7 cm³/mol. The van der Waals surface area contributed by atoms with Crippen LogP contribution in [-0.4, -0.2) is 16.0 Å². The van der Waals surface area contributed by atoms with Crippen LogP contribution < -0.4 is 11.1 Å². The zero-order valence-corrected chi connectivity index (χ0v) is 10.6. The molecule has 1 amide bonds. The third kappa shape index (κ3) is 2.15. The number of carbonyl (C=O) groups is 1. The molecule has 3 rings (SSSR count). The first-order valence-electron chi connectivity index (χ1n) is 5.56. The van der Waals surface area contributed by atoms with Crippen LogP contribution in [-0.2, 0) is 6.54 Å². The smallest absolute Gasteiger partial charge is 0.263 e. The highest BCUT2D eigenvalue weighted by Gasteiger charge is 2.16. The van der Waals surface area contributed by atoms with E-state index in [-0.39, 0.29) is 12.5 Å². The van der Waals surface area contributed by atoms with Crippen LogP contribution in [0.25, 0.3) is 10.2 Å². The van der Waals surface area contributed by atoms with Crippen LogP contribution in [0.2, 0.25) is 0 Å². The topological polar surface area (TPSA) is 94.0 Å². The summed E-state index contributed by atoms with van der Waals surface area (Å²) in [5, 5.41) is 6.30. The first-order chi connectivity index (χ1) is 9.25. The van der Waals surface area contributed by atoms with Crippen LogP contribution in [0.4, 0.5) is 5.69 Å². The Hall–Kier alpha value is -2.41. The van der Waals surface area contributed by atoms with Gasteiger partial charge >= 0.3 is 0 Å². The third-order valence-corrected chi connectivity index (χ3v) is 3.76. The molecule has 3 aromatic rings. The van der Waals surface area contributed by atoms with E-state index in [1.807, 2.05) is 12.1 Å². The Morgan fingerprint density at radius 1 is 1.42 bits per heavy atom. The van der Waals surface area contributed by atoms with Crippen LogP contribution in [0, 0.1) is 0 Å². The average Bonchev–Trinajstić information content (AvgIpc) is 3.05. The molecule has 6 nitrogen and oxygen atoms in total. The molecular weight excluding hydrogens is 264 g/mol. The summed E-state index contributed by atoms with van der Waals surface area (Å²) in [5.74, 6) is 0.350. The Balaban J connectivity index is 1.83. The van der Waals surface area contributed by atoms with Crippen LogP contribution >= 0.6 is 11.3 Å². The maximum absolute atomic E-state index is 12.1. The van der Waals surface area contributed by atoms with E-state index in [1.165, 1.54) is 17.5 Å². The van der Waals surface area contributed by atoms with Crippen molar-refractivity contribution >= 4 is 33.1 Å². The summed E-state index contributed by atoms with van der Waals surface area (Å²) in [6.45, 7) is 0.278. The number of anilines is 1. The molecule has 0 aromatic carbocycles. The van der Waals surface area contributed by atoms with Gasteiger partial charge < -0.3 is 15.6 Å². The van der Waals surface area contributed by atoms with Crippen LogP contribution in [0.15, 0.2) is 35.1 Å². The zero-order chi connectivity index (χ0) is 13.2. The minimum atomic E-state index is -0.239. The van der Waals surface area contributed by atoms with Crippen molar-refractivity contribution in [2.45, 2.75) is 6.54 Å². The van der Waals surface area contributed by atoms with E-state index in [0.717, 1.165) is 4.70 Å². The Morgan fingerprint density at radius 3 is 3.05 bits per heavy atom. The van der Waals surface area contributed by atoms with E-state index in [9.17, 15) is 4.79 Å². The lowest BCUT2D eigenvalue weighted by Crippen LogP contribution is -2.22. The SMILES string of the molecule is Nc1c(C(=O)NCc2ccno2)sc2cccnc12. The van der Waals surface area contributed by atoms with Gasteiger partial charge in [-0.05, 0) is 12.1 Å². The van der Waals surface area contributed by atoms with Crippen LogP contribution in [0.1, 0.15) is 15.4 Å². The van der Waals surface area contributed by atoms with Gasteiger partial charge in [0, 0.05) is 12.3 Å². The van der Waals surface area contributed by atoms with Crippen molar-refractivity contribution in [2.75, 3.05) is 5.73 Å². The predicted octanol–water partition coefficient (Wildman–Crippen LogP) is 1.80. The van der Waals surface area contributed by atoms with Gasteiger partial charge in [-0.15, -0.1) is 11.3 Å². The molecule has 7 heteroatoms. The van der Waals surface area contributed by atoms with Crippen molar-refractivity contribution in [1.29, 1.82) is 0 Å². The Morgan fingerprint density at radius 2 is 2.32 bits per heavy atom. The molecule has 3 heterocycles. The van der Waals surface area contributed by atoms with Gasteiger partial charge in [-0.3, -0.25) is 9.78 Å². The average molecular weight is 274 g/mol.